The van der Waals surface area contributed by atoms with Crippen molar-refractivity contribution in [2.24, 2.45) is 0 Å². The van der Waals surface area contributed by atoms with Crippen LogP contribution in [-0.4, -0.2) is 42.0 Å². The molecular weight excluding hydrogens is 336 g/mol. The summed E-state index contributed by atoms with van der Waals surface area (Å²) in [6.07, 6.45) is 1.68. The maximum Gasteiger partial charge on any atom is 0.254 e. The second-order valence-corrected chi connectivity index (χ2v) is 6.54. The highest BCUT2D eigenvalue weighted by atomic mass is 16.2. The number of para-hydroxylation sites is 2. The van der Waals surface area contributed by atoms with Gasteiger partial charge in [-0.05, 0) is 36.4 Å². The van der Waals surface area contributed by atoms with Gasteiger partial charge in [0, 0.05) is 49.3 Å². The third-order valence-electron chi connectivity index (χ3n) is 4.74. The first kappa shape index (κ1) is 17.1. The lowest BCUT2D eigenvalue weighted by atomic mass is 10.2. The summed E-state index contributed by atoms with van der Waals surface area (Å²) in [5, 5.41) is 3.24. The number of piperazine rings is 1. The number of benzene rings is 2. The van der Waals surface area contributed by atoms with E-state index in [9.17, 15) is 4.79 Å². The van der Waals surface area contributed by atoms with Crippen molar-refractivity contribution >= 4 is 23.1 Å². The Labute approximate surface area is 159 Å². The van der Waals surface area contributed by atoms with E-state index >= 15 is 0 Å². The number of hydrogen-bond acceptors (Lipinski definition) is 4. The van der Waals surface area contributed by atoms with Crippen LogP contribution >= 0.6 is 0 Å². The minimum Gasteiger partial charge on any atom is -0.368 e. The summed E-state index contributed by atoms with van der Waals surface area (Å²) < 4.78 is 0. The molecule has 5 heteroatoms. The van der Waals surface area contributed by atoms with Gasteiger partial charge < -0.3 is 15.1 Å². The standard InChI is InChI=1S/C22H22N4O/c27-22(26-15-13-25(14-16-26)20-9-5-2-6-10-20)18-11-12-23-21(17-18)24-19-7-3-1-4-8-19/h1-12,17H,13-16H2,(H,23,24). The maximum absolute atomic E-state index is 12.9. The van der Waals surface area contributed by atoms with E-state index in [4.69, 9.17) is 0 Å². The van der Waals surface area contributed by atoms with Crippen LogP contribution in [-0.2, 0) is 0 Å². The molecule has 1 amide bonds. The third kappa shape index (κ3) is 4.08. The van der Waals surface area contributed by atoms with Crippen LogP contribution in [0.2, 0.25) is 0 Å². The van der Waals surface area contributed by atoms with Crippen molar-refractivity contribution in [2.75, 3.05) is 36.4 Å². The van der Waals surface area contributed by atoms with Gasteiger partial charge in [-0.1, -0.05) is 36.4 Å². The summed E-state index contributed by atoms with van der Waals surface area (Å²) in [7, 11) is 0. The molecule has 0 spiro atoms. The molecule has 1 aliphatic rings. The Morgan fingerprint density at radius 1 is 0.852 bits per heavy atom. The van der Waals surface area contributed by atoms with E-state index in [0.717, 1.165) is 31.9 Å². The molecule has 0 atom stereocenters. The second kappa shape index (κ2) is 7.91. The predicted molar refractivity (Wildman–Crippen MR) is 109 cm³/mol. The Balaban J connectivity index is 1.41. The van der Waals surface area contributed by atoms with Crippen molar-refractivity contribution in [1.29, 1.82) is 0 Å². The predicted octanol–water partition coefficient (Wildman–Crippen LogP) is 3.79. The lowest BCUT2D eigenvalue weighted by Crippen LogP contribution is -2.48. The number of anilines is 3. The van der Waals surface area contributed by atoms with E-state index in [1.807, 2.05) is 59.5 Å². The van der Waals surface area contributed by atoms with Crippen LogP contribution in [0.1, 0.15) is 10.4 Å². The Morgan fingerprint density at radius 2 is 1.52 bits per heavy atom. The number of nitrogens with zero attached hydrogens (tertiary/aromatic N) is 3. The first-order valence-corrected chi connectivity index (χ1v) is 9.17. The smallest absolute Gasteiger partial charge is 0.254 e. The summed E-state index contributed by atoms with van der Waals surface area (Å²) in [6.45, 7) is 3.13. The molecule has 3 aromatic rings. The molecule has 2 heterocycles. The van der Waals surface area contributed by atoms with Gasteiger partial charge in [-0.15, -0.1) is 0 Å². The van der Waals surface area contributed by atoms with E-state index in [1.54, 1.807) is 12.3 Å². The van der Waals surface area contributed by atoms with Gasteiger partial charge in [-0.25, -0.2) is 4.98 Å². The van der Waals surface area contributed by atoms with Crippen LogP contribution in [0.5, 0.6) is 0 Å². The fourth-order valence-electron chi connectivity index (χ4n) is 3.29. The number of nitrogens with one attached hydrogen (secondary N) is 1. The number of carbonyl (C=O) groups is 1. The molecule has 0 unspecified atom stereocenters. The van der Waals surface area contributed by atoms with Crippen molar-refractivity contribution in [3.63, 3.8) is 0 Å². The molecule has 0 saturated carbocycles. The van der Waals surface area contributed by atoms with Crippen LogP contribution in [0.3, 0.4) is 0 Å². The number of carbonyl (C=O) groups excluding carboxylic acids is 1. The molecule has 0 bridgehead atoms. The zero-order valence-electron chi connectivity index (χ0n) is 15.1. The van der Waals surface area contributed by atoms with E-state index in [2.05, 4.69) is 27.3 Å². The zero-order valence-corrected chi connectivity index (χ0v) is 15.1. The van der Waals surface area contributed by atoms with Crippen molar-refractivity contribution in [3.05, 3.63) is 84.6 Å². The maximum atomic E-state index is 12.9. The fraction of sp³-hybridized carbons (Fsp3) is 0.182. The van der Waals surface area contributed by atoms with Gasteiger partial charge in [0.25, 0.3) is 5.91 Å². The van der Waals surface area contributed by atoms with Crippen molar-refractivity contribution in [3.8, 4) is 0 Å². The topological polar surface area (TPSA) is 48.5 Å². The number of rotatable bonds is 4. The molecule has 1 fully saturated rings. The lowest BCUT2D eigenvalue weighted by molar-refractivity contribution is 0.0746. The summed E-state index contributed by atoms with van der Waals surface area (Å²) in [4.78, 5) is 21.5. The molecule has 5 nitrogen and oxygen atoms in total. The van der Waals surface area contributed by atoms with Gasteiger partial charge in [0.05, 0.1) is 0 Å². The van der Waals surface area contributed by atoms with Gasteiger partial charge in [-0.2, -0.15) is 0 Å². The number of hydrogen-bond donors (Lipinski definition) is 1. The molecule has 136 valence electrons. The Morgan fingerprint density at radius 3 is 2.22 bits per heavy atom. The second-order valence-electron chi connectivity index (χ2n) is 6.54. The third-order valence-corrected chi connectivity index (χ3v) is 4.74. The Hall–Kier alpha value is -3.34. The first-order valence-electron chi connectivity index (χ1n) is 9.17. The highest BCUT2D eigenvalue weighted by molar-refractivity contribution is 5.95. The largest absolute Gasteiger partial charge is 0.368 e. The summed E-state index contributed by atoms with van der Waals surface area (Å²) in [5.41, 5.74) is 2.82. The van der Waals surface area contributed by atoms with Crippen LogP contribution in [0.25, 0.3) is 0 Å². The summed E-state index contributed by atoms with van der Waals surface area (Å²) in [6, 6.07) is 23.8. The zero-order chi connectivity index (χ0) is 18.5. The van der Waals surface area contributed by atoms with Gasteiger partial charge in [0.1, 0.15) is 5.82 Å². The minimum absolute atomic E-state index is 0.0567. The Bertz CT molecular complexity index is 890. The van der Waals surface area contributed by atoms with Crippen LogP contribution < -0.4 is 10.2 Å². The molecular formula is C22H22N4O. The van der Waals surface area contributed by atoms with Crippen LogP contribution in [0.15, 0.2) is 79.0 Å². The number of aromatic nitrogens is 1. The van der Waals surface area contributed by atoms with E-state index in [0.29, 0.717) is 11.4 Å². The average molecular weight is 358 g/mol. The molecule has 27 heavy (non-hydrogen) atoms. The van der Waals surface area contributed by atoms with Gasteiger partial charge in [0.15, 0.2) is 0 Å². The summed E-state index contributed by atoms with van der Waals surface area (Å²) >= 11 is 0. The molecule has 1 aromatic heterocycles. The van der Waals surface area contributed by atoms with Crippen LogP contribution in [0.4, 0.5) is 17.2 Å². The highest BCUT2D eigenvalue weighted by Gasteiger charge is 2.22. The monoisotopic (exact) mass is 358 g/mol. The van der Waals surface area contributed by atoms with E-state index in [-0.39, 0.29) is 5.91 Å². The SMILES string of the molecule is O=C(c1ccnc(Nc2ccccc2)c1)N1CCN(c2ccccc2)CC1. The van der Waals surface area contributed by atoms with Crippen molar-refractivity contribution in [2.45, 2.75) is 0 Å². The molecule has 1 saturated heterocycles. The molecule has 1 N–H and O–H groups in total. The number of amides is 1. The normalized spacial score (nSPS) is 14.1. The molecule has 0 aliphatic carbocycles. The van der Waals surface area contributed by atoms with Gasteiger partial charge in [0.2, 0.25) is 0 Å². The molecule has 4 rings (SSSR count). The average Bonchev–Trinajstić information content (AvgIpc) is 2.75. The first-order chi connectivity index (χ1) is 13.3. The minimum atomic E-state index is 0.0567. The van der Waals surface area contributed by atoms with Crippen LogP contribution in [0, 0.1) is 0 Å². The van der Waals surface area contributed by atoms with Crippen molar-refractivity contribution in [1.82, 2.24) is 9.88 Å². The van der Waals surface area contributed by atoms with E-state index < -0.39 is 0 Å². The molecule has 2 aromatic carbocycles. The van der Waals surface area contributed by atoms with Gasteiger partial charge in [-0.3, -0.25) is 4.79 Å². The van der Waals surface area contributed by atoms with E-state index in [1.165, 1.54) is 5.69 Å². The van der Waals surface area contributed by atoms with Crippen molar-refractivity contribution < 1.29 is 4.79 Å². The summed E-state index contributed by atoms with van der Waals surface area (Å²) in [5.74, 6) is 0.733. The Kier molecular flexibility index (Phi) is 5.01. The molecule has 1 aliphatic heterocycles. The molecule has 0 radical (unpaired) electrons. The fourth-order valence-corrected chi connectivity index (χ4v) is 3.29. The van der Waals surface area contributed by atoms with Gasteiger partial charge >= 0.3 is 0 Å². The lowest BCUT2D eigenvalue weighted by Gasteiger charge is -2.36. The number of pyridine rings is 1. The highest BCUT2D eigenvalue weighted by Crippen LogP contribution is 2.19. The quantitative estimate of drug-likeness (QED) is 0.771.